The number of amides is 1. The molecule has 0 unspecified atom stereocenters. The number of rotatable bonds is 7. The van der Waals surface area contributed by atoms with Gasteiger partial charge in [-0.3, -0.25) is 15.4 Å². The second-order valence-corrected chi connectivity index (χ2v) is 6.48. The first-order valence-electron chi connectivity index (χ1n) is 9.92. The molecule has 0 bridgehead atoms. The highest BCUT2D eigenvalue weighted by atomic mass is 79.9. The molecule has 1 amide bonds. The van der Waals surface area contributed by atoms with E-state index < -0.39 is 0 Å². The van der Waals surface area contributed by atoms with Crippen molar-refractivity contribution in [2.45, 2.75) is 82.6 Å². The van der Waals surface area contributed by atoms with Crippen LogP contribution in [0.25, 0.3) is 0 Å². The third kappa shape index (κ3) is 56.6. The lowest BCUT2D eigenvalue weighted by atomic mass is 10.2. The number of nitrogens with one attached hydrogen (secondary N) is 1. The highest BCUT2D eigenvalue weighted by molar-refractivity contribution is 9.09. The third-order valence-corrected chi connectivity index (χ3v) is 2.85. The first-order valence-corrected chi connectivity index (χ1v) is 11.0. The van der Waals surface area contributed by atoms with E-state index in [9.17, 15) is 9.59 Å². The Labute approximate surface area is 173 Å². The van der Waals surface area contributed by atoms with Crippen molar-refractivity contribution >= 4 is 27.6 Å². The second-order valence-electron chi connectivity index (χ2n) is 5.91. The van der Waals surface area contributed by atoms with Crippen molar-refractivity contribution in [2.24, 2.45) is 17.7 Å². The number of nitrogens with zero attached hydrogens (tertiary/aromatic N) is 1. The van der Waals surface area contributed by atoms with Crippen LogP contribution < -0.4 is 11.2 Å². The summed E-state index contributed by atoms with van der Waals surface area (Å²) in [6.07, 6.45) is 1.31. The molecule has 0 aliphatic rings. The molecule has 5 nitrogen and oxygen atoms in total. The molecule has 3 N–H and O–H groups in total. The molecule has 162 valence electrons. The number of carbonyl (C=O) groups excluding carboxylic acids is 2. The number of carbonyl (C=O) groups is 2. The summed E-state index contributed by atoms with van der Waals surface area (Å²) in [7, 11) is 0. The van der Waals surface area contributed by atoms with E-state index in [1.54, 1.807) is 11.9 Å². The molecule has 26 heavy (non-hydrogen) atoms. The van der Waals surface area contributed by atoms with Crippen LogP contribution in [0.4, 0.5) is 0 Å². The Kier molecular flexibility index (Phi) is 45.2. The van der Waals surface area contributed by atoms with Crippen LogP contribution in [-0.4, -0.2) is 41.7 Å². The number of hydrazine groups is 1. The Morgan fingerprint density at radius 2 is 1.38 bits per heavy atom. The highest BCUT2D eigenvalue weighted by Gasteiger charge is 2.03. The van der Waals surface area contributed by atoms with Crippen LogP contribution in [0.1, 0.15) is 82.6 Å². The van der Waals surface area contributed by atoms with E-state index in [-0.39, 0.29) is 11.7 Å². The first-order chi connectivity index (χ1) is 12.1. The van der Waals surface area contributed by atoms with Gasteiger partial charge in [-0.25, -0.2) is 5.01 Å². The van der Waals surface area contributed by atoms with Crippen LogP contribution in [0, 0.1) is 11.8 Å². The maximum absolute atomic E-state index is 10.5. The largest absolute Gasteiger partial charge is 0.356 e. The Morgan fingerprint density at radius 3 is 1.54 bits per heavy atom. The third-order valence-electron chi connectivity index (χ3n) is 2.34. The quantitative estimate of drug-likeness (QED) is 0.329. The molecule has 0 heterocycles. The molecule has 0 saturated heterocycles. The van der Waals surface area contributed by atoms with Crippen molar-refractivity contribution in [3.63, 3.8) is 0 Å². The number of Topliss-reactive ketones (excluding diaryl/α,β-unsaturated/α-hetero) is 1. The van der Waals surface area contributed by atoms with Gasteiger partial charge in [0.1, 0.15) is 5.78 Å². The monoisotopic (exact) mass is 441 g/mol. The smallest absolute Gasteiger partial charge is 0.230 e. The van der Waals surface area contributed by atoms with E-state index in [4.69, 9.17) is 5.84 Å². The predicted octanol–water partition coefficient (Wildman–Crippen LogP) is 5.03. The van der Waals surface area contributed by atoms with Crippen LogP contribution in [0.15, 0.2) is 0 Å². The number of hydrogen-bond acceptors (Lipinski definition) is 4. The van der Waals surface area contributed by atoms with E-state index in [1.165, 1.54) is 6.42 Å². The molecule has 0 aromatic carbocycles. The summed E-state index contributed by atoms with van der Waals surface area (Å²) >= 11 is 3.00. The summed E-state index contributed by atoms with van der Waals surface area (Å²) in [5, 5.41) is 4.56. The Bertz CT molecular complexity index is 274. The molecule has 0 spiro atoms. The molecular formula is C20H48BrN3O2. The number of ketones is 1. The lowest BCUT2D eigenvalue weighted by Crippen LogP contribution is -2.37. The van der Waals surface area contributed by atoms with Gasteiger partial charge in [-0.1, -0.05) is 84.7 Å². The van der Waals surface area contributed by atoms with Crippen LogP contribution >= 0.6 is 15.9 Å². The van der Waals surface area contributed by atoms with Gasteiger partial charge in [-0.05, 0) is 25.7 Å². The molecule has 0 aliphatic heterocycles. The molecule has 0 saturated carbocycles. The Hall–Kier alpha value is -0.460. The van der Waals surface area contributed by atoms with Crippen LogP contribution in [0.5, 0.6) is 0 Å². The average molecular weight is 443 g/mol. The zero-order valence-corrected chi connectivity index (χ0v) is 21.0. The van der Waals surface area contributed by atoms with Gasteiger partial charge in [0.05, 0.1) is 11.9 Å². The summed E-state index contributed by atoms with van der Waals surface area (Å²) in [4.78, 5) is 20.8. The summed E-state index contributed by atoms with van der Waals surface area (Å²) in [6.45, 7) is 24.1. The number of nitrogens with two attached hydrogens (primary N) is 1. The zero-order chi connectivity index (χ0) is 22.1. The van der Waals surface area contributed by atoms with Crippen LogP contribution in [0.3, 0.4) is 0 Å². The second kappa shape index (κ2) is 32.2. The van der Waals surface area contributed by atoms with Gasteiger partial charge in [0.15, 0.2) is 0 Å². The minimum Gasteiger partial charge on any atom is -0.356 e. The normalized spacial score (nSPS) is 8.77. The molecule has 0 fully saturated rings. The molecule has 0 aromatic rings. The fourth-order valence-electron chi connectivity index (χ4n) is 1.06. The lowest BCUT2D eigenvalue weighted by molar-refractivity contribution is -0.119. The van der Waals surface area contributed by atoms with Gasteiger partial charge in [0.2, 0.25) is 5.91 Å². The van der Waals surface area contributed by atoms with Crippen molar-refractivity contribution < 1.29 is 9.59 Å². The summed E-state index contributed by atoms with van der Waals surface area (Å²) < 4.78 is 0. The maximum Gasteiger partial charge on any atom is 0.230 e. The molecule has 0 atom stereocenters. The fourth-order valence-corrected chi connectivity index (χ4v) is 1.26. The summed E-state index contributed by atoms with van der Waals surface area (Å²) in [6, 6.07) is 0. The highest BCUT2D eigenvalue weighted by Crippen LogP contribution is 1.94. The zero-order valence-electron chi connectivity index (χ0n) is 19.4. The lowest BCUT2D eigenvalue weighted by Gasteiger charge is -2.16. The van der Waals surface area contributed by atoms with Gasteiger partial charge in [0, 0.05) is 13.1 Å². The molecule has 0 aliphatic carbocycles. The van der Waals surface area contributed by atoms with Gasteiger partial charge < -0.3 is 5.32 Å². The Morgan fingerprint density at radius 1 is 1.00 bits per heavy atom. The van der Waals surface area contributed by atoms with Crippen molar-refractivity contribution in [1.82, 2.24) is 10.3 Å². The van der Waals surface area contributed by atoms with E-state index in [1.807, 2.05) is 34.6 Å². The SMILES string of the molecule is CC.CC.CC(=O)CN(N)CC(C)C.CCC(C)C.CCNC(=O)CBr. The average Bonchev–Trinajstić information content (AvgIpc) is 2.58. The van der Waals surface area contributed by atoms with E-state index in [2.05, 4.69) is 55.9 Å². The van der Waals surface area contributed by atoms with Gasteiger partial charge >= 0.3 is 0 Å². The fraction of sp³-hybridized carbons (Fsp3) is 0.900. The molecule has 0 radical (unpaired) electrons. The maximum atomic E-state index is 10.5. The van der Waals surface area contributed by atoms with Crippen molar-refractivity contribution in [3.05, 3.63) is 0 Å². The Balaban J connectivity index is -0.0000000806. The summed E-state index contributed by atoms with van der Waals surface area (Å²) in [5.74, 6) is 7.05. The van der Waals surface area contributed by atoms with Crippen LogP contribution in [-0.2, 0) is 9.59 Å². The number of alkyl halides is 1. The molecule has 0 aromatic heterocycles. The topological polar surface area (TPSA) is 75.4 Å². The van der Waals surface area contributed by atoms with E-state index in [0.717, 1.165) is 12.5 Å². The van der Waals surface area contributed by atoms with E-state index in [0.29, 0.717) is 24.3 Å². The van der Waals surface area contributed by atoms with Gasteiger partial charge in [0.25, 0.3) is 0 Å². The standard InChI is InChI=1S/C7H16N2O.C5H12.C4H8BrNO.2C2H6/c1-6(2)4-9(8)5-7(3)10;1-4-5(2)3;1-2-6-4(7)3-5;2*1-2/h6H,4-5,8H2,1-3H3;5H,4H2,1-3H3;2-3H2,1H3,(H,6,7);2*1-2H3. The van der Waals surface area contributed by atoms with Crippen LogP contribution in [0.2, 0.25) is 0 Å². The number of hydrogen-bond donors (Lipinski definition) is 2. The first kappa shape index (κ1) is 36.5. The van der Waals surface area contributed by atoms with Crippen molar-refractivity contribution in [1.29, 1.82) is 0 Å². The minimum absolute atomic E-state index is 0.0440. The number of halogens is 1. The predicted molar refractivity (Wildman–Crippen MR) is 122 cm³/mol. The molecular weight excluding hydrogens is 394 g/mol. The summed E-state index contributed by atoms with van der Waals surface area (Å²) in [5.41, 5.74) is 0. The van der Waals surface area contributed by atoms with Crippen molar-refractivity contribution in [2.75, 3.05) is 25.0 Å². The van der Waals surface area contributed by atoms with Gasteiger partial charge in [-0.15, -0.1) is 0 Å². The van der Waals surface area contributed by atoms with Gasteiger partial charge in [-0.2, -0.15) is 0 Å². The van der Waals surface area contributed by atoms with E-state index >= 15 is 0 Å². The molecule has 6 heteroatoms. The van der Waals surface area contributed by atoms with Crippen molar-refractivity contribution in [3.8, 4) is 0 Å². The molecule has 0 rings (SSSR count). The minimum atomic E-state index is 0.0440.